The van der Waals surface area contributed by atoms with Crippen LogP contribution in [0.3, 0.4) is 0 Å². The lowest BCUT2D eigenvalue weighted by Crippen LogP contribution is -2.12. The highest BCUT2D eigenvalue weighted by Crippen LogP contribution is 2.09. The second-order valence-electron chi connectivity index (χ2n) is 3.11. The van der Waals surface area contributed by atoms with Gasteiger partial charge in [-0.25, -0.2) is 0 Å². The molecule has 0 atom stereocenters. The molecule has 4 nitrogen and oxygen atoms in total. The van der Waals surface area contributed by atoms with Crippen LogP contribution in [0.15, 0.2) is 39.8 Å². The number of rotatable bonds is 4. The minimum absolute atomic E-state index is 0.697. The minimum Gasteiger partial charge on any atom is -0.364 e. The maximum absolute atomic E-state index is 4.73. The van der Waals surface area contributed by atoms with Crippen molar-refractivity contribution in [2.45, 2.75) is 13.1 Å². The van der Waals surface area contributed by atoms with Crippen molar-refractivity contribution in [1.29, 1.82) is 0 Å². The summed E-state index contributed by atoms with van der Waals surface area (Å²) in [6.45, 7) is 1.46. The molecule has 0 spiro atoms. The molecule has 0 saturated carbocycles. The van der Waals surface area contributed by atoms with Crippen molar-refractivity contribution in [3.05, 3.63) is 46.5 Å². The second kappa shape index (κ2) is 5.04. The average molecular weight is 268 g/mol. The fourth-order valence-electron chi connectivity index (χ4n) is 1.22. The molecule has 0 aliphatic rings. The summed E-state index contributed by atoms with van der Waals surface area (Å²) in [5.74, 6) is 0. The summed E-state index contributed by atoms with van der Waals surface area (Å²) >= 11 is 3.38. The van der Waals surface area contributed by atoms with Crippen molar-refractivity contribution >= 4 is 15.9 Å². The summed E-state index contributed by atoms with van der Waals surface area (Å²) in [5.41, 5.74) is 2.03. The van der Waals surface area contributed by atoms with Gasteiger partial charge in [-0.2, -0.15) is 0 Å². The number of pyridine rings is 1. The molecule has 15 heavy (non-hydrogen) atoms. The molecule has 0 aliphatic carbocycles. The predicted octanol–water partition coefficient (Wildman–Crippen LogP) is 2.12. The average Bonchev–Trinajstić information content (AvgIpc) is 2.71. The van der Waals surface area contributed by atoms with Gasteiger partial charge < -0.3 is 9.84 Å². The third-order valence-electron chi connectivity index (χ3n) is 1.89. The predicted molar refractivity (Wildman–Crippen MR) is 59.0 cm³/mol. The molecular formula is C10H10BrN3O. The number of halogens is 1. The maximum Gasteiger partial charge on any atom is 0.124 e. The van der Waals surface area contributed by atoms with Crippen LogP contribution in [0.1, 0.15) is 11.3 Å². The molecule has 0 unspecified atom stereocenters. The first-order chi connectivity index (χ1) is 7.34. The molecule has 0 fully saturated rings. The molecule has 2 heterocycles. The molecular weight excluding hydrogens is 258 g/mol. The zero-order valence-electron chi connectivity index (χ0n) is 7.98. The van der Waals surface area contributed by atoms with Gasteiger partial charge in [0.15, 0.2) is 0 Å². The summed E-state index contributed by atoms with van der Waals surface area (Å²) in [6, 6.07) is 3.87. The molecule has 2 aromatic rings. The fraction of sp³-hybridized carbons (Fsp3) is 0.200. The summed E-state index contributed by atoms with van der Waals surface area (Å²) in [4.78, 5) is 4.08. The summed E-state index contributed by atoms with van der Waals surface area (Å²) in [5, 5.41) is 7.05. The van der Waals surface area contributed by atoms with Gasteiger partial charge in [-0.1, -0.05) is 5.16 Å². The van der Waals surface area contributed by atoms with Gasteiger partial charge in [-0.15, -0.1) is 0 Å². The van der Waals surface area contributed by atoms with Crippen molar-refractivity contribution < 1.29 is 4.52 Å². The highest BCUT2D eigenvalue weighted by Gasteiger charge is 1.97. The highest BCUT2D eigenvalue weighted by atomic mass is 79.9. The van der Waals surface area contributed by atoms with Crippen molar-refractivity contribution in [3.8, 4) is 0 Å². The number of hydrogen-bond acceptors (Lipinski definition) is 4. The smallest absolute Gasteiger partial charge is 0.124 e. The Balaban J connectivity index is 1.83. The Morgan fingerprint density at radius 3 is 3.00 bits per heavy atom. The van der Waals surface area contributed by atoms with Gasteiger partial charge in [0.05, 0.1) is 5.69 Å². The van der Waals surface area contributed by atoms with Crippen LogP contribution in [0.4, 0.5) is 0 Å². The first-order valence-corrected chi connectivity index (χ1v) is 5.33. The zero-order chi connectivity index (χ0) is 10.5. The third-order valence-corrected chi connectivity index (χ3v) is 2.32. The number of nitrogens with one attached hydrogen (secondary N) is 1. The molecule has 2 aromatic heterocycles. The SMILES string of the molecule is Brc1cncc(CNCc2ccon2)c1. The Bertz CT molecular complexity index is 416. The molecule has 78 valence electrons. The van der Waals surface area contributed by atoms with E-state index in [2.05, 4.69) is 31.4 Å². The normalized spacial score (nSPS) is 10.5. The molecule has 5 heteroatoms. The van der Waals surface area contributed by atoms with E-state index in [9.17, 15) is 0 Å². The van der Waals surface area contributed by atoms with Crippen LogP contribution in [0.2, 0.25) is 0 Å². The van der Waals surface area contributed by atoms with Crippen LogP contribution in [-0.4, -0.2) is 10.1 Å². The Morgan fingerprint density at radius 1 is 1.33 bits per heavy atom. The second-order valence-corrected chi connectivity index (χ2v) is 4.02. The molecule has 0 saturated heterocycles. The molecule has 2 rings (SSSR count). The lowest BCUT2D eigenvalue weighted by Gasteiger charge is -2.02. The van der Waals surface area contributed by atoms with E-state index in [-0.39, 0.29) is 0 Å². The third kappa shape index (κ3) is 3.14. The first-order valence-electron chi connectivity index (χ1n) is 4.54. The van der Waals surface area contributed by atoms with Gasteiger partial charge in [0.2, 0.25) is 0 Å². The molecule has 0 aromatic carbocycles. The molecule has 0 amide bonds. The van der Waals surface area contributed by atoms with Gasteiger partial charge in [0.25, 0.3) is 0 Å². The van der Waals surface area contributed by atoms with Crippen LogP contribution in [0.5, 0.6) is 0 Å². The van der Waals surface area contributed by atoms with Crippen LogP contribution < -0.4 is 5.32 Å². The Hall–Kier alpha value is -1.20. The van der Waals surface area contributed by atoms with Crippen LogP contribution in [0.25, 0.3) is 0 Å². The van der Waals surface area contributed by atoms with Gasteiger partial charge >= 0.3 is 0 Å². The van der Waals surface area contributed by atoms with Crippen molar-refractivity contribution in [1.82, 2.24) is 15.5 Å². The molecule has 0 radical (unpaired) electrons. The van der Waals surface area contributed by atoms with Gasteiger partial charge in [0.1, 0.15) is 6.26 Å². The number of aromatic nitrogens is 2. The molecule has 0 aliphatic heterocycles. The Labute approximate surface area is 95.8 Å². The van der Waals surface area contributed by atoms with E-state index in [0.717, 1.165) is 22.3 Å². The van der Waals surface area contributed by atoms with E-state index in [0.29, 0.717) is 6.54 Å². The van der Waals surface area contributed by atoms with Crippen molar-refractivity contribution in [2.75, 3.05) is 0 Å². The van der Waals surface area contributed by atoms with E-state index in [1.165, 1.54) is 0 Å². The standard InChI is InChI=1S/C10H10BrN3O/c11-9-3-8(4-12-6-9)5-13-7-10-1-2-15-14-10/h1-4,6,13H,5,7H2. The number of hydrogen-bond donors (Lipinski definition) is 1. The van der Waals surface area contributed by atoms with Crippen molar-refractivity contribution in [3.63, 3.8) is 0 Å². The maximum atomic E-state index is 4.73. The van der Waals surface area contributed by atoms with E-state index >= 15 is 0 Å². The van der Waals surface area contributed by atoms with Crippen LogP contribution in [0, 0.1) is 0 Å². The van der Waals surface area contributed by atoms with Crippen molar-refractivity contribution in [2.24, 2.45) is 0 Å². The Morgan fingerprint density at radius 2 is 2.27 bits per heavy atom. The lowest BCUT2D eigenvalue weighted by atomic mass is 10.3. The summed E-state index contributed by atoms with van der Waals surface area (Å²) in [6.07, 6.45) is 5.17. The molecule has 1 N–H and O–H groups in total. The van der Waals surface area contributed by atoms with Crippen LogP contribution >= 0.6 is 15.9 Å². The topological polar surface area (TPSA) is 51.0 Å². The van der Waals surface area contributed by atoms with Gasteiger partial charge in [-0.05, 0) is 27.6 Å². The first kappa shape index (κ1) is 10.3. The van der Waals surface area contributed by atoms with Crippen LogP contribution in [-0.2, 0) is 13.1 Å². The van der Waals surface area contributed by atoms with Gasteiger partial charge in [-0.3, -0.25) is 4.98 Å². The van der Waals surface area contributed by atoms with E-state index in [4.69, 9.17) is 4.52 Å². The number of nitrogens with zero attached hydrogens (tertiary/aromatic N) is 2. The quantitative estimate of drug-likeness (QED) is 0.922. The largest absolute Gasteiger partial charge is 0.364 e. The molecule has 0 bridgehead atoms. The van der Waals surface area contributed by atoms with E-state index < -0.39 is 0 Å². The van der Waals surface area contributed by atoms with E-state index in [1.807, 2.05) is 18.3 Å². The summed E-state index contributed by atoms with van der Waals surface area (Å²) in [7, 11) is 0. The zero-order valence-corrected chi connectivity index (χ0v) is 9.57. The fourth-order valence-corrected chi connectivity index (χ4v) is 1.63. The Kier molecular flexibility index (Phi) is 3.47. The minimum atomic E-state index is 0.697. The van der Waals surface area contributed by atoms with E-state index in [1.54, 1.807) is 12.5 Å². The summed E-state index contributed by atoms with van der Waals surface area (Å²) < 4.78 is 5.72. The van der Waals surface area contributed by atoms with Gasteiger partial charge in [0, 0.05) is 36.0 Å². The lowest BCUT2D eigenvalue weighted by molar-refractivity contribution is 0.408. The highest BCUT2D eigenvalue weighted by molar-refractivity contribution is 9.10. The monoisotopic (exact) mass is 267 g/mol.